The van der Waals surface area contributed by atoms with Gasteiger partial charge in [-0.25, -0.2) is 0 Å². The molecule has 2 aromatic rings. The lowest BCUT2D eigenvalue weighted by atomic mass is 9.70. The molecule has 38 heavy (non-hydrogen) atoms. The minimum Gasteiger partial charge on any atom is -0.395 e. The topological polar surface area (TPSA) is 100 Å². The fourth-order valence-corrected chi connectivity index (χ4v) is 6.00. The fourth-order valence-electron chi connectivity index (χ4n) is 6.00. The van der Waals surface area contributed by atoms with Crippen molar-refractivity contribution in [3.05, 3.63) is 88.6 Å². The van der Waals surface area contributed by atoms with Crippen LogP contribution in [0.25, 0.3) is 5.70 Å². The minimum absolute atomic E-state index is 0.0517. The van der Waals surface area contributed by atoms with Crippen LogP contribution in [-0.2, 0) is 18.3 Å². The van der Waals surface area contributed by atoms with Crippen LogP contribution in [0.2, 0.25) is 0 Å². The van der Waals surface area contributed by atoms with Crippen LogP contribution in [0.5, 0.6) is 0 Å². The van der Waals surface area contributed by atoms with Gasteiger partial charge in [-0.3, -0.25) is 4.79 Å². The molecule has 1 heterocycles. The summed E-state index contributed by atoms with van der Waals surface area (Å²) >= 11 is 0. The molecule has 2 atom stereocenters. The molecule has 7 nitrogen and oxygen atoms in total. The Balaban J connectivity index is 1.65. The lowest BCUT2D eigenvalue weighted by molar-refractivity contribution is 0.0963. The van der Waals surface area contributed by atoms with Crippen LogP contribution in [0.15, 0.2) is 55.3 Å². The first-order chi connectivity index (χ1) is 18.4. The molecule has 1 aliphatic heterocycles. The third-order valence-electron chi connectivity index (χ3n) is 8.18. The van der Waals surface area contributed by atoms with Crippen molar-refractivity contribution in [1.82, 2.24) is 20.9 Å². The smallest absolute Gasteiger partial charge is 0.251 e. The van der Waals surface area contributed by atoms with E-state index in [0.29, 0.717) is 25.1 Å². The van der Waals surface area contributed by atoms with E-state index in [1.54, 1.807) is 7.05 Å². The number of carbonyl (C=O) groups is 1. The molecule has 1 amide bonds. The number of nitrogens with one attached hydrogen (secondary N) is 3. The molecule has 2 aromatic carbocycles. The molecule has 0 aromatic heterocycles. The van der Waals surface area contributed by atoms with E-state index in [0.717, 1.165) is 65.9 Å². The summed E-state index contributed by atoms with van der Waals surface area (Å²) < 4.78 is 0. The van der Waals surface area contributed by atoms with Crippen LogP contribution in [0.1, 0.15) is 57.4 Å². The SMILES string of the molecule is C=C(NC)c1ccc2c(c1)CCc1cc(C(=O)NC)ccc1C2(CO)CCNCC(=C)N1CCCC1C#N. The van der Waals surface area contributed by atoms with E-state index in [2.05, 4.69) is 58.3 Å². The predicted octanol–water partition coefficient (Wildman–Crippen LogP) is 3.09. The Morgan fingerprint density at radius 3 is 2.37 bits per heavy atom. The Hall–Kier alpha value is -3.60. The summed E-state index contributed by atoms with van der Waals surface area (Å²) in [6, 6.07) is 14.5. The second-order valence-corrected chi connectivity index (χ2v) is 10.3. The maximum atomic E-state index is 12.4. The van der Waals surface area contributed by atoms with Crippen molar-refractivity contribution in [2.45, 2.75) is 43.6 Å². The minimum atomic E-state index is -0.626. The van der Waals surface area contributed by atoms with Crippen molar-refractivity contribution in [3.63, 3.8) is 0 Å². The van der Waals surface area contributed by atoms with Gasteiger partial charge in [-0.1, -0.05) is 31.4 Å². The number of nitriles is 1. The third kappa shape index (κ3) is 5.20. The molecule has 4 rings (SSSR count). The molecule has 0 saturated carbocycles. The fraction of sp³-hybridized carbons (Fsp3) is 0.419. The molecule has 7 heteroatoms. The number of aryl methyl sites for hydroxylation is 2. The zero-order chi connectivity index (χ0) is 27.3. The molecular weight excluding hydrogens is 474 g/mol. The first-order valence-corrected chi connectivity index (χ1v) is 13.4. The standard InChI is InChI=1S/C31H39N5O2/c1-21(36-15-5-6-27(36)18-32)19-35-14-13-31(20-37)28-11-9-23(22(2)33-3)16-24(28)7-8-25-17-26(30(38)34-4)10-12-29(25)31/h9-12,16-17,27,33,35,37H,1-2,5-8,13-15,19-20H2,3-4H3,(H,34,38). The molecule has 1 fully saturated rings. The Morgan fingerprint density at radius 1 is 1.11 bits per heavy atom. The summed E-state index contributed by atoms with van der Waals surface area (Å²) in [5.41, 5.74) is 7.26. The maximum Gasteiger partial charge on any atom is 0.251 e. The monoisotopic (exact) mass is 513 g/mol. The third-order valence-corrected chi connectivity index (χ3v) is 8.18. The Labute approximate surface area is 226 Å². The molecule has 0 bridgehead atoms. The molecule has 2 aliphatic rings. The van der Waals surface area contributed by atoms with Gasteiger partial charge in [-0.05, 0) is 84.7 Å². The van der Waals surface area contributed by atoms with Crippen molar-refractivity contribution in [2.75, 3.05) is 40.3 Å². The van der Waals surface area contributed by atoms with Crippen molar-refractivity contribution < 1.29 is 9.90 Å². The summed E-state index contributed by atoms with van der Waals surface area (Å²) in [5, 5.41) is 29.9. The second-order valence-electron chi connectivity index (χ2n) is 10.3. The quantitative estimate of drug-likeness (QED) is 0.365. The average Bonchev–Trinajstić information content (AvgIpc) is 3.40. The summed E-state index contributed by atoms with van der Waals surface area (Å²) in [7, 11) is 3.50. The maximum absolute atomic E-state index is 12.4. The van der Waals surface area contributed by atoms with Gasteiger partial charge in [-0.2, -0.15) is 5.26 Å². The van der Waals surface area contributed by atoms with Gasteiger partial charge >= 0.3 is 0 Å². The van der Waals surface area contributed by atoms with Gasteiger partial charge in [-0.15, -0.1) is 0 Å². The van der Waals surface area contributed by atoms with Gasteiger partial charge in [0.05, 0.1) is 12.7 Å². The zero-order valence-corrected chi connectivity index (χ0v) is 22.6. The van der Waals surface area contributed by atoms with Gasteiger partial charge in [0.25, 0.3) is 5.91 Å². The first-order valence-electron chi connectivity index (χ1n) is 13.4. The number of carbonyl (C=O) groups excluding carboxylic acids is 1. The van der Waals surface area contributed by atoms with Crippen LogP contribution in [0.3, 0.4) is 0 Å². The van der Waals surface area contributed by atoms with Crippen LogP contribution in [-0.4, -0.2) is 62.3 Å². The number of hydrogen-bond donors (Lipinski definition) is 4. The molecular formula is C31H39N5O2. The molecule has 200 valence electrons. The second kappa shape index (κ2) is 11.8. The van der Waals surface area contributed by atoms with Crippen molar-refractivity contribution >= 4 is 11.6 Å². The van der Waals surface area contributed by atoms with Crippen LogP contribution < -0.4 is 16.0 Å². The van der Waals surface area contributed by atoms with Crippen molar-refractivity contribution in [2.24, 2.45) is 0 Å². The van der Waals surface area contributed by atoms with Crippen LogP contribution in [0.4, 0.5) is 0 Å². The molecule has 1 aliphatic carbocycles. The van der Waals surface area contributed by atoms with E-state index in [4.69, 9.17) is 0 Å². The lowest BCUT2D eigenvalue weighted by Gasteiger charge is -2.35. The summed E-state index contributed by atoms with van der Waals surface area (Å²) in [4.78, 5) is 14.5. The summed E-state index contributed by atoms with van der Waals surface area (Å²) in [5.74, 6) is -0.116. The highest BCUT2D eigenvalue weighted by Crippen LogP contribution is 2.43. The van der Waals surface area contributed by atoms with Crippen LogP contribution >= 0.6 is 0 Å². The number of aliphatic hydroxyl groups is 1. The van der Waals surface area contributed by atoms with Crippen molar-refractivity contribution in [1.29, 1.82) is 5.26 Å². The highest BCUT2D eigenvalue weighted by Gasteiger charge is 2.39. The number of aliphatic hydroxyl groups excluding tert-OH is 1. The van der Waals surface area contributed by atoms with E-state index >= 15 is 0 Å². The van der Waals surface area contributed by atoms with Crippen molar-refractivity contribution in [3.8, 4) is 6.07 Å². The number of likely N-dealkylation sites (tertiary alicyclic amines) is 1. The number of hydrogen-bond acceptors (Lipinski definition) is 6. The molecule has 0 radical (unpaired) electrons. The summed E-state index contributed by atoms with van der Waals surface area (Å²) in [6.45, 7) is 10.4. The largest absolute Gasteiger partial charge is 0.395 e. The molecule has 2 unspecified atom stereocenters. The average molecular weight is 514 g/mol. The zero-order valence-electron chi connectivity index (χ0n) is 22.6. The van der Waals surface area contributed by atoms with Gasteiger partial charge < -0.3 is 26.0 Å². The number of rotatable bonds is 10. The van der Waals surface area contributed by atoms with E-state index in [1.165, 1.54) is 5.56 Å². The van der Waals surface area contributed by atoms with E-state index in [1.807, 2.05) is 25.2 Å². The molecule has 4 N–H and O–H groups in total. The summed E-state index contributed by atoms with van der Waals surface area (Å²) in [6.07, 6.45) is 4.15. The van der Waals surface area contributed by atoms with E-state index in [-0.39, 0.29) is 18.6 Å². The first kappa shape index (κ1) is 27.4. The number of amides is 1. The Kier molecular flexibility index (Phi) is 8.55. The lowest BCUT2D eigenvalue weighted by Crippen LogP contribution is -2.38. The van der Waals surface area contributed by atoms with Gasteiger partial charge in [0.2, 0.25) is 0 Å². The highest BCUT2D eigenvalue weighted by molar-refractivity contribution is 5.94. The number of fused-ring (bicyclic) bond motifs is 2. The highest BCUT2D eigenvalue weighted by atomic mass is 16.3. The van der Waals surface area contributed by atoms with E-state index in [9.17, 15) is 15.2 Å². The number of benzene rings is 2. The van der Waals surface area contributed by atoms with E-state index < -0.39 is 5.41 Å². The van der Waals surface area contributed by atoms with Gasteiger partial charge in [0.15, 0.2) is 0 Å². The van der Waals surface area contributed by atoms with Gasteiger partial charge in [0, 0.05) is 49.6 Å². The van der Waals surface area contributed by atoms with Gasteiger partial charge in [0.1, 0.15) is 6.04 Å². The van der Waals surface area contributed by atoms with Crippen LogP contribution in [0, 0.1) is 11.3 Å². The number of nitrogens with zero attached hydrogens (tertiary/aromatic N) is 2. The Morgan fingerprint density at radius 2 is 1.76 bits per heavy atom. The normalized spacial score (nSPS) is 20.1. The molecule has 0 spiro atoms. The Bertz CT molecular complexity index is 1190. The predicted molar refractivity (Wildman–Crippen MR) is 152 cm³/mol. The molecule has 1 saturated heterocycles.